The summed E-state index contributed by atoms with van der Waals surface area (Å²) < 4.78 is 10.9. The van der Waals surface area contributed by atoms with Crippen LogP contribution in [-0.4, -0.2) is 16.7 Å². The van der Waals surface area contributed by atoms with Crippen molar-refractivity contribution in [2.75, 3.05) is 6.61 Å². The van der Waals surface area contributed by atoms with Crippen LogP contribution in [0.3, 0.4) is 0 Å². The average Bonchev–Trinajstić information content (AvgIpc) is 2.82. The summed E-state index contributed by atoms with van der Waals surface area (Å²) in [6.45, 7) is 10.9. The lowest BCUT2D eigenvalue weighted by molar-refractivity contribution is 0.0217. The van der Waals surface area contributed by atoms with Crippen molar-refractivity contribution in [2.45, 2.75) is 53.2 Å². The summed E-state index contributed by atoms with van der Waals surface area (Å²) in [4.78, 5) is 4.39. The largest absolute Gasteiger partial charge is 0.370 e. The Balaban J connectivity index is 2.83. The molecule has 0 radical (unpaired) electrons. The van der Waals surface area contributed by atoms with E-state index in [0.29, 0.717) is 30.2 Å². The molecule has 1 aromatic rings. The minimum absolute atomic E-state index is 0.128. The van der Waals surface area contributed by atoms with E-state index >= 15 is 0 Å². The molecule has 18 heavy (non-hydrogen) atoms. The lowest BCUT2D eigenvalue weighted by Crippen LogP contribution is -2.19. The Morgan fingerprint density at radius 1 is 1.28 bits per heavy atom. The highest BCUT2D eigenvalue weighted by atomic mass is 16.5. The molecule has 1 aromatic heterocycles. The first-order valence-corrected chi connectivity index (χ1v) is 6.71. The quantitative estimate of drug-likeness (QED) is 0.811. The predicted molar refractivity (Wildman–Crippen MR) is 69.9 cm³/mol. The third-order valence-electron chi connectivity index (χ3n) is 3.21. The fourth-order valence-electron chi connectivity index (χ4n) is 1.74. The fraction of sp³-hybridized carbons (Fsp3) is 0.846. The number of nitrogens with two attached hydrogens (primary N) is 1. The average molecular weight is 255 g/mol. The molecule has 1 heterocycles. The molecule has 0 amide bonds. The molecular weight excluding hydrogens is 230 g/mol. The molecule has 3 atom stereocenters. The number of hydrogen-bond acceptors (Lipinski definition) is 5. The van der Waals surface area contributed by atoms with E-state index in [1.54, 1.807) is 0 Å². The molecule has 0 bridgehead atoms. The second-order valence-electron chi connectivity index (χ2n) is 5.02. The topological polar surface area (TPSA) is 74.2 Å². The van der Waals surface area contributed by atoms with E-state index in [2.05, 4.69) is 37.8 Å². The highest BCUT2D eigenvalue weighted by molar-refractivity contribution is 4.97. The van der Waals surface area contributed by atoms with Crippen LogP contribution in [0.25, 0.3) is 0 Å². The molecule has 0 spiro atoms. The van der Waals surface area contributed by atoms with Crippen molar-refractivity contribution in [3.05, 3.63) is 11.7 Å². The second-order valence-corrected chi connectivity index (χ2v) is 5.02. The first-order valence-electron chi connectivity index (χ1n) is 6.71. The van der Waals surface area contributed by atoms with Crippen LogP contribution in [0.1, 0.15) is 64.9 Å². The van der Waals surface area contributed by atoms with Gasteiger partial charge in [-0.25, -0.2) is 0 Å². The van der Waals surface area contributed by atoms with E-state index in [-0.39, 0.29) is 12.1 Å². The Bertz CT molecular complexity index is 352. The van der Waals surface area contributed by atoms with Crippen molar-refractivity contribution in [2.24, 2.45) is 17.6 Å². The van der Waals surface area contributed by atoms with Gasteiger partial charge in [-0.3, -0.25) is 0 Å². The van der Waals surface area contributed by atoms with Gasteiger partial charge in [-0.2, -0.15) is 4.98 Å². The molecule has 0 fully saturated rings. The first kappa shape index (κ1) is 15.1. The second kappa shape index (κ2) is 6.85. The van der Waals surface area contributed by atoms with E-state index in [4.69, 9.17) is 15.0 Å². The van der Waals surface area contributed by atoms with Crippen molar-refractivity contribution in [3.63, 3.8) is 0 Å². The van der Waals surface area contributed by atoms with Gasteiger partial charge in [0.1, 0.15) is 6.10 Å². The Kier molecular flexibility index (Phi) is 5.75. The highest BCUT2D eigenvalue weighted by Crippen LogP contribution is 2.26. The van der Waals surface area contributed by atoms with Crippen molar-refractivity contribution in [1.82, 2.24) is 10.1 Å². The van der Waals surface area contributed by atoms with Gasteiger partial charge < -0.3 is 15.0 Å². The summed E-state index contributed by atoms with van der Waals surface area (Å²) >= 11 is 0. The minimum Gasteiger partial charge on any atom is -0.370 e. The van der Waals surface area contributed by atoms with E-state index in [1.165, 1.54) is 0 Å². The Morgan fingerprint density at radius 2 is 1.94 bits per heavy atom. The summed E-state index contributed by atoms with van der Waals surface area (Å²) in [5.41, 5.74) is 6.08. The summed E-state index contributed by atoms with van der Waals surface area (Å²) in [5.74, 6) is 1.73. The van der Waals surface area contributed by atoms with Gasteiger partial charge in [-0.15, -0.1) is 0 Å². The number of rotatable bonds is 7. The number of nitrogens with zero attached hydrogens (tertiary/aromatic N) is 2. The van der Waals surface area contributed by atoms with E-state index in [0.717, 1.165) is 6.42 Å². The van der Waals surface area contributed by atoms with Crippen LogP contribution in [0.15, 0.2) is 4.52 Å². The number of aromatic nitrogens is 2. The maximum atomic E-state index is 6.08. The van der Waals surface area contributed by atoms with Crippen LogP contribution < -0.4 is 5.73 Å². The van der Waals surface area contributed by atoms with Crippen molar-refractivity contribution in [3.8, 4) is 0 Å². The molecule has 0 aliphatic heterocycles. The minimum atomic E-state index is -0.203. The molecular formula is C13H25N3O2. The van der Waals surface area contributed by atoms with Gasteiger partial charge in [0, 0.05) is 6.61 Å². The summed E-state index contributed by atoms with van der Waals surface area (Å²) in [7, 11) is 0. The molecule has 5 heteroatoms. The van der Waals surface area contributed by atoms with Gasteiger partial charge in [0.25, 0.3) is 0 Å². The third kappa shape index (κ3) is 3.53. The normalized spacial score (nSPS) is 16.8. The van der Waals surface area contributed by atoms with E-state index in [9.17, 15) is 0 Å². The van der Waals surface area contributed by atoms with Crippen LogP contribution in [0, 0.1) is 11.8 Å². The van der Waals surface area contributed by atoms with Crippen molar-refractivity contribution < 1.29 is 9.26 Å². The Labute approximate surface area is 109 Å². The van der Waals surface area contributed by atoms with Crippen LogP contribution in [0.5, 0.6) is 0 Å². The zero-order valence-electron chi connectivity index (χ0n) is 12.0. The van der Waals surface area contributed by atoms with Gasteiger partial charge in [0.05, 0.1) is 6.04 Å². The molecule has 104 valence electrons. The first-order chi connectivity index (χ1) is 8.51. The SMILES string of the molecule is CCOC(c1noc([C@@H](N)[C@@H](C)CC)n1)C(C)C. The van der Waals surface area contributed by atoms with E-state index < -0.39 is 0 Å². The third-order valence-corrected chi connectivity index (χ3v) is 3.21. The molecule has 0 saturated carbocycles. The van der Waals surface area contributed by atoms with Gasteiger partial charge >= 0.3 is 0 Å². The standard InChI is InChI=1S/C13H25N3O2/c1-6-9(5)10(14)13-15-12(16-18-13)11(8(3)4)17-7-2/h8-11H,6-7,14H2,1-5H3/t9-,10-,11?/m0/s1. The molecule has 2 N–H and O–H groups in total. The predicted octanol–water partition coefficient (Wildman–Crippen LogP) is 2.85. The van der Waals surface area contributed by atoms with Gasteiger partial charge in [-0.05, 0) is 18.8 Å². The Morgan fingerprint density at radius 3 is 2.44 bits per heavy atom. The van der Waals surface area contributed by atoms with Crippen molar-refractivity contribution in [1.29, 1.82) is 0 Å². The maximum Gasteiger partial charge on any atom is 0.243 e. The highest BCUT2D eigenvalue weighted by Gasteiger charge is 2.25. The van der Waals surface area contributed by atoms with Crippen LogP contribution in [0.2, 0.25) is 0 Å². The molecule has 0 saturated heterocycles. The maximum absolute atomic E-state index is 6.08. The monoisotopic (exact) mass is 255 g/mol. The zero-order valence-corrected chi connectivity index (χ0v) is 12.0. The Hall–Kier alpha value is -0.940. The summed E-state index contributed by atoms with van der Waals surface area (Å²) in [5, 5.41) is 4.00. The van der Waals surface area contributed by atoms with Crippen LogP contribution in [-0.2, 0) is 4.74 Å². The molecule has 0 aromatic carbocycles. The van der Waals surface area contributed by atoms with Crippen molar-refractivity contribution >= 4 is 0 Å². The van der Waals surface area contributed by atoms with Gasteiger partial charge in [0.2, 0.25) is 11.7 Å². The summed E-state index contributed by atoms with van der Waals surface area (Å²) in [6, 6.07) is -0.203. The molecule has 1 rings (SSSR count). The molecule has 5 nitrogen and oxygen atoms in total. The lowest BCUT2D eigenvalue weighted by atomic mass is 10.0. The van der Waals surface area contributed by atoms with Crippen LogP contribution in [0.4, 0.5) is 0 Å². The summed E-state index contributed by atoms with van der Waals surface area (Å²) in [6.07, 6.45) is 0.856. The smallest absolute Gasteiger partial charge is 0.243 e. The number of hydrogen-bond donors (Lipinski definition) is 1. The zero-order chi connectivity index (χ0) is 13.7. The molecule has 0 aliphatic rings. The number of ether oxygens (including phenoxy) is 1. The lowest BCUT2D eigenvalue weighted by Gasteiger charge is -2.17. The molecule has 0 aliphatic carbocycles. The van der Waals surface area contributed by atoms with Crippen LogP contribution >= 0.6 is 0 Å². The van der Waals surface area contributed by atoms with Gasteiger partial charge in [0.15, 0.2) is 0 Å². The van der Waals surface area contributed by atoms with E-state index in [1.807, 2.05) is 6.92 Å². The fourth-order valence-corrected chi connectivity index (χ4v) is 1.74. The van der Waals surface area contributed by atoms with Gasteiger partial charge in [-0.1, -0.05) is 39.3 Å². The molecule has 1 unspecified atom stereocenters.